The minimum atomic E-state index is 0.699. The molecule has 0 bridgehead atoms. The molecule has 0 aromatic rings. The minimum absolute atomic E-state index is 0.699. The highest BCUT2D eigenvalue weighted by Gasteiger charge is 2.58. The van der Waals surface area contributed by atoms with Crippen molar-refractivity contribution in [3.05, 3.63) is 0 Å². The molecule has 7 atom stereocenters. The van der Waals surface area contributed by atoms with Gasteiger partial charge in [0.2, 0.25) is 0 Å². The van der Waals surface area contributed by atoms with Gasteiger partial charge in [-0.25, -0.2) is 0 Å². The lowest BCUT2D eigenvalue weighted by Gasteiger charge is -2.62. The van der Waals surface area contributed by atoms with E-state index in [1.807, 2.05) is 0 Å². The van der Waals surface area contributed by atoms with E-state index in [0.29, 0.717) is 5.41 Å². The number of fused-ring (bicyclic) bond motifs is 5. The zero-order chi connectivity index (χ0) is 14.0. The molecule has 0 radical (unpaired) electrons. The first-order valence-electron chi connectivity index (χ1n) is 9.56. The van der Waals surface area contributed by atoms with Gasteiger partial charge in [-0.1, -0.05) is 40.0 Å². The van der Waals surface area contributed by atoms with Gasteiger partial charge in [-0.15, -0.1) is 0 Å². The molecule has 0 nitrogen and oxygen atoms in total. The zero-order valence-electron chi connectivity index (χ0n) is 14.0. The summed E-state index contributed by atoms with van der Waals surface area (Å²) in [6.07, 6.45) is 15.5. The van der Waals surface area contributed by atoms with Gasteiger partial charge in [-0.2, -0.15) is 0 Å². The van der Waals surface area contributed by atoms with Crippen molar-refractivity contribution in [3.8, 4) is 0 Å². The summed E-state index contributed by atoms with van der Waals surface area (Å²) in [4.78, 5) is 0. The molecule has 4 rings (SSSR count). The molecule has 0 aromatic carbocycles. The Bertz CT molecular complexity index is 385. The van der Waals surface area contributed by atoms with Crippen molar-refractivity contribution in [1.82, 2.24) is 0 Å². The predicted octanol–water partition coefficient (Wildman–Crippen LogP) is 6.06. The summed E-state index contributed by atoms with van der Waals surface area (Å²) in [5.74, 6) is 5.32. The number of hydrogen-bond donors (Lipinski definition) is 0. The highest BCUT2D eigenvalue weighted by atomic mass is 14.6. The van der Waals surface area contributed by atoms with E-state index in [-0.39, 0.29) is 0 Å². The molecule has 0 aliphatic heterocycles. The second-order valence-electron chi connectivity index (χ2n) is 9.43. The molecule has 0 N–H and O–H groups in total. The summed E-state index contributed by atoms with van der Waals surface area (Å²) in [5.41, 5.74) is 1.44. The van der Waals surface area contributed by atoms with Gasteiger partial charge >= 0.3 is 0 Å². The van der Waals surface area contributed by atoms with E-state index in [0.717, 1.165) is 35.0 Å². The monoisotopic (exact) mass is 274 g/mol. The van der Waals surface area contributed by atoms with E-state index >= 15 is 0 Å². The van der Waals surface area contributed by atoms with Gasteiger partial charge in [0.1, 0.15) is 0 Å². The molecule has 0 heterocycles. The minimum Gasteiger partial charge on any atom is -0.0620 e. The maximum Gasteiger partial charge on any atom is -0.0241 e. The maximum absolute atomic E-state index is 2.72. The van der Waals surface area contributed by atoms with E-state index in [1.54, 1.807) is 38.5 Å². The van der Waals surface area contributed by atoms with Crippen LogP contribution in [0.2, 0.25) is 0 Å². The van der Waals surface area contributed by atoms with Crippen LogP contribution in [0, 0.1) is 40.4 Å². The maximum atomic E-state index is 2.72. The highest BCUT2D eigenvalue weighted by molar-refractivity contribution is 5.07. The normalized spacial score (nSPS) is 58.6. The summed E-state index contributed by atoms with van der Waals surface area (Å²) in [5, 5.41) is 0. The van der Waals surface area contributed by atoms with Crippen molar-refractivity contribution in [2.75, 3.05) is 0 Å². The van der Waals surface area contributed by atoms with E-state index < -0.39 is 0 Å². The zero-order valence-corrected chi connectivity index (χ0v) is 14.0. The summed E-state index contributed by atoms with van der Waals surface area (Å²) < 4.78 is 0. The van der Waals surface area contributed by atoms with Crippen molar-refractivity contribution < 1.29 is 0 Å². The van der Waals surface area contributed by atoms with Crippen LogP contribution >= 0.6 is 0 Å². The Balaban J connectivity index is 1.67. The van der Waals surface area contributed by atoms with Gasteiger partial charge in [0, 0.05) is 0 Å². The Morgan fingerprint density at radius 2 is 1.60 bits per heavy atom. The molecule has 4 aliphatic carbocycles. The van der Waals surface area contributed by atoms with Crippen LogP contribution in [0.3, 0.4) is 0 Å². The van der Waals surface area contributed by atoms with Crippen LogP contribution < -0.4 is 0 Å². The van der Waals surface area contributed by atoms with Gasteiger partial charge in [0.05, 0.1) is 0 Å². The Morgan fingerprint density at radius 1 is 0.750 bits per heavy atom. The average Bonchev–Trinajstić information content (AvgIpc) is 2.82. The first kappa shape index (κ1) is 13.6. The first-order chi connectivity index (χ1) is 9.56. The third-order valence-electron chi connectivity index (χ3n) is 9.00. The largest absolute Gasteiger partial charge is 0.0620 e. The fourth-order valence-electron chi connectivity index (χ4n) is 7.67. The molecule has 114 valence electrons. The van der Waals surface area contributed by atoms with Crippen LogP contribution in [-0.4, -0.2) is 0 Å². The summed E-state index contributed by atoms with van der Waals surface area (Å²) >= 11 is 0. The van der Waals surface area contributed by atoms with Crippen molar-refractivity contribution in [1.29, 1.82) is 0 Å². The van der Waals surface area contributed by atoms with Gasteiger partial charge in [0.25, 0.3) is 0 Å². The lowest BCUT2D eigenvalue weighted by atomic mass is 9.43. The Hall–Kier alpha value is 0. The van der Waals surface area contributed by atoms with Gasteiger partial charge in [-0.3, -0.25) is 0 Å². The fourth-order valence-corrected chi connectivity index (χ4v) is 7.67. The third kappa shape index (κ3) is 1.66. The van der Waals surface area contributed by atoms with Crippen molar-refractivity contribution in [3.63, 3.8) is 0 Å². The van der Waals surface area contributed by atoms with Crippen molar-refractivity contribution in [2.45, 2.75) is 85.0 Å². The number of rotatable bonds is 0. The Kier molecular flexibility index (Phi) is 3.07. The molecule has 0 aromatic heterocycles. The van der Waals surface area contributed by atoms with Crippen LogP contribution in [-0.2, 0) is 0 Å². The lowest BCUT2D eigenvalue weighted by Crippen LogP contribution is -2.54. The summed E-state index contributed by atoms with van der Waals surface area (Å²) in [7, 11) is 0. The van der Waals surface area contributed by atoms with Crippen molar-refractivity contribution in [2.24, 2.45) is 40.4 Å². The van der Waals surface area contributed by atoms with E-state index in [4.69, 9.17) is 0 Å². The molecule has 0 heteroatoms. The van der Waals surface area contributed by atoms with E-state index in [1.165, 1.54) is 25.7 Å². The van der Waals surface area contributed by atoms with E-state index in [2.05, 4.69) is 20.8 Å². The molecular formula is C20H34. The second-order valence-corrected chi connectivity index (χ2v) is 9.43. The average molecular weight is 274 g/mol. The Morgan fingerprint density at radius 3 is 2.45 bits per heavy atom. The second kappa shape index (κ2) is 4.50. The molecule has 0 amide bonds. The fraction of sp³-hybridized carbons (Fsp3) is 1.00. The molecule has 0 spiro atoms. The first-order valence-corrected chi connectivity index (χ1v) is 9.56. The summed E-state index contributed by atoms with van der Waals surface area (Å²) in [6.45, 7) is 7.95. The molecule has 4 aliphatic rings. The quantitative estimate of drug-likeness (QED) is 0.504. The van der Waals surface area contributed by atoms with Crippen LogP contribution in [0.25, 0.3) is 0 Å². The van der Waals surface area contributed by atoms with E-state index in [9.17, 15) is 0 Å². The molecule has 0 saturated heterocycles. The standard InChI is InChI=1S/C20H34/c1-14-6-4-7-15-9-10-16-17-8-5-12-19(17,2)13-11-18(16)20(14,15)3/h14-18H,4-13H2,1-3H3/t14?,15?,16-,17-,18+,19-,20-/m0/s1. The van der Waals surface area contributed by atoms with Crippen LogP contribution in [0.5, 0.6) is 0 Å². The van der Waals surface area contributed by atoms with Crippen LogP contribution in [0.4, 0.5) is 0 Å². The van der Waals surface area contributed by atoms with Gasteiger partial charge in [0.15, 0.2) is 0 Å². The summed E-state index contributed by atoms with van der Waals surface area (Å²) in [6, 6.07) is 0. The molecule has 4 saturated carbocycles. The van der Waals surface area contributed by atoms with Gasteiger partial charge in [-0.05, 0) is 85.4 Å². The van der Waals surface area contributed by atoms with Gasteiger partial charge < -0.3 is 0 Å². The SMILES string of the molecule is CC1CCCC2CC[C@@H]3[C@@H](CC[C@]4(C)CCC[C@@H]34)[C@@]12C. The molecule has 4 fully saturated rings. The Labute approximate surface area is 126 Å². The highest BCUT2D eigenvalue weighted by Crippen LogP contribution is 2.67. The molecular weight excluding hydrogens is 240 g/mol. The smallest absolute Gasteiger partial charge is 0.0241 e. The number of hydrogen-bond acceptors (Lipinski definition) is 0. The topological polar surface area (TPSA) is 0 Å². The molecule has 2 unspecified atom stereocenters. The predicted molar refractivity (Wildman–Crippen MR) is 85.5 cm³/mol. The van der Waals surface area contributed by atoms with Crippen LogP contribution in [0.15, 0.2) is 0 Å². The molecule has 20 heavy (non-hydrogen) atoms. The third-order valence-corrected chi connectivity index (χ3v) is 9.00. The van der Waals surface area contributed by atoms with Crippen molar-refractivity contribution >= 4 is 0 Å². The van der Waals surface area contributed by atoms with Crippen LogP contribution in [0.1, 0.15) is 85.0 Å². The lowest BCUT2D eigenvalue weighted by molar-refractivity contribution is -0.128.